The van der Waals surface area contributed by atoms with Gasteiger partial charge in [0.25, 0.3) is 0 Å². The minimum absolute atomic E-state index is 0.0190. The molecule has 0 unspecified atom stereocenters. The van der Waals surface area contributed by atoms with Crippen LogP contribution in [0.25, 0.3) is 0 Å². The van der Waals surface area contributed by atoms with Crippen LogP contribution in [-0.4, -0.2) is 13.1 Å². The molecule has 0 atom stereocenters. The van der Waals surface area contributed by atoms with E-state index in [1.54, 1.807) is 6.07 Å². The predicted octanol–water partition coefficient (Wildman–Crippen LogP) is 2.96. The normalized spacial score (nSPS) is 10.0. The van der Waals surface area contributed by atoms with Crippen molar-refractivity contribution in [2.24, 2.45) is 0 Å². The van der Waals surface area contributed by atoms with E-state index >= 15 is 0 Å². The van der Waals surface area contributed by atoms with E-state index in [1.165, 1.54) is 13.2 Å². The molecule has 0 radical (unpaired) electrons. The summed E-state index contributed by atoms with van der Waals surface area (Å²) in [6.07, 6.45) is 0.0190. The summed E-state index contributed by atoms with van der Waals surface area (Å²) in [6.45, 7) is 0. The summed E-state index contributed by atoms with van der Waals surface area (Å²) in [5, 5.41) is 0.0190. The van der Waals surface area contributed by atoms with E-state index in [2.05, 4.69) is 20.7 Å². The summed E-state index contributed by atoms with van der Waals surface area (Å²) in [4.78, 5) is 10.9. The molecule has 0 bridgehead atoms. The van der Waals surface area contributed by atoms with E-state index in [0.717, 1.165) is 0 Å². The number of benzene rings is 1. The lowest BCUT2D eigenvalue weighted by Gasteiger charge is -2.04. The number of methoxy groups -OCH3 is 1. The molecule has 1 aromatic carbocycles. The molecule has 2 nitrogen and oxygen atoms in total. The van der Waals surface area contributed by atoms with Gasteiger partial charge in [-0.1, -0.05) is 17.7 Å². The molecule has 0 aliphatic rings. The van der Waals surface area contributed by atoms with Gasteiger partial charge in [-0.05, 0) is 27.6 Å². The second kappa shape index (κ2) is 4.75. The van der Waals surface area contributed by atoms with Crippen molar-refractivity contribution in [1.82, 2.24) is 0 Å². The van der Waals surface area contributed by atoms with Gasteiger partial charge in [0.1, 0.15) is 0 Å². The lowest BCUT2D eigenvalue weighted by atomic mass is 10.1. The van der Waals surface area contributed by atoms with Gasteiger partial charge >= 0.3 is 5.97 Å². The quantitative estimate of drug-likeness (QED) is 0.615. The van der Waals surface area contributed by atoms with Gasteiger partial charge in [-0.25, -0.2) is 4.39 Å². The maximum atomic E-state index is 13.2. The molecular formula is C9H7BrClFO2. The fraction of sp³-hybridized carbons (Fsp3) is 0.222. The third-order valence-corrected chi connectivity index (χ3v) is 2.83. The molecule has 76 valence electrons. The SMILES string of the molecule is COC(=O)Cc1ccc(Cl)c(F)c1Br. The maximum absolute atomic E-state index is 13.2. The molecular weight excluding hydrogens is 274 g/mol. The molecule has 14 heavy (non-hydrogen) atoms. The van der Waals surface area contributed by atoms with Crippen LogP contribution >= 0.6 is 27.5 Å². The van der Waals surface area contributed by atoms with Crippen LogP contribution in [-0.2, 0) is 16.0 Å². The molecule has 0 saturated heterocycles. The van der Waals surface area contributed by atoms with Crippen LogP contribution in [0, 0.1) is 5.82 Å². The Labute approximate surface area is 94.1 Å². The summed E-state index contributed by atoms with van der Waals surface area (Å²) in [5.74, 6) is -0.986. The minimum atomic E-state index is -0.562. The van der Waals surface area contributed by atoms with E-state index < -0.39 is 11.8 Å². The van der Waals surface area contributed by atoms with E-state index in [-0.39, 0.29) is 15.9 Å². The highest BCUT2D eigenvalue weighted by atomic mass is 79.9. The minimum Gasteiger partial charge on any atom is -0.469 e. The smallest absolute Gasteiger partial charge is 0.310 e. The lowest BCUT2D eigenvalue weighted by Crippen LogP contribution is -2.05. The zero-order valence-corrected chi connectivity index (χ0v) is 9.65. The van der Waals surface area contributed by atoms with E-state index in [9.17, 15) is 9.18 Å². The van der Waals surface area contributed by atoms with Crippen LogP contribution in [0.1, 0.15) is 5.56 Å². The van der Waals surface area contributed by atoms with Crippen LogP contribution < -0.4 is 0 Å². The van der Waals surface area contributed by atoms with Crippen molar-refractivity contribution >= 4 is 33.5 Å². The van der Waals surface area contributed by atoms with Crippen LogP contribution in [0.5, 0.6) is 0 Å². The maximum Gasteiger partial charge on any atom is 0.310 e. The largest absolute Gasteiger partial charge is 0.469 e. The van der Waals surface area contributed by atoms with E-state index in [1.807, 2.05) is 0 Å². The highest BCUT2D eigenvalue weighted by Gasteiger charge is 2.12. The monoisotopic (exact) mass is 280 g/mol. The fourth-order valence-corrected chi connectivity index (χ4v) is 1.69. The third-order valence-electron chi connectivity index (χ3n) is 1.68. The Morgan fingerprint density at radius 2 is 2.29 bits per heavy atom. The molecule has 5 heteroatoms. The second-order valence-corrected chi connectivity index (χ2v) is 3.79. The standard InChI is InChI=1S/C9H7BrClFO2/c1-14-7(13)4-5-2-3-6(11)9(12)8(5)10/h2-3H,4H2,1H3. The summed E-state index contributed by atoms with van der Waals surface area (Å²) < 4.78 is 17.9. The Kier molecular flexibility index (Phi) is 3.89. The molecule has 0 amide bonds. The molecule has 0 saturated carbocycles. The number of halogens is 3. The molecule has 0 heterocycles. The van der Waals surface area contributed by atoms with Crippen molar-refractivity contribution < 1.29 is 13.9 Å². The zero-order chi connectivity index (χ0) is 10.7. The van der Waals surface area contributed by atoms with Gasteiger partial charge in [-0.15, -0.1) is 0 Å². The van der Waals surface area contributed by atoms with Crippen LogP contribution in [0.4, 0.5) is 4.39 Å². The summed E-state index contributed by atoms with van der Waals surface area (Å²) in [5.41, 5.74) is 0.513. The molecule has 1 aromatic rings. The van der Waals surface area contributed by atoms with E-state index in [0.29, 0.717) is 5.56 Å². The van der Waals surface area contributed by atoms with E-state index in [4.69, 9.17) is 11.6 Å². The van der Waals surface area contributed by atoms with Crippen molar-refractivity contribution in [2.45, 2.75) is 6.42 Å². The van der Waals surface area contributed by atoms with Crippen molar-refractivity contribution in [3.8, 4) is 0 Å². The number of esters is 1. The first-order valence-corrected chi connectivity index (χ1v) is 4.92. The van der Waals surface area contributed by atoms with Crippen LogP contribution in [0.2, 0.25) is 5.02 Å². The van der Waals surface area contributed by atoms with Crippen LogP contribution in [0.3, 0.4) is 0 Å². The van der Waals surface area contributed by atoms with Gasteiger partial charge in [0.15, 0.2) is 5.82 Å². The van der Waals surface area contributed by atoms with Crippen molar-refractivity contribution in [2.75, 3.05) is 7.11 Å². The Bertz CT molecular complexity index is 368. The van der Waals surface area contributed by atoms with Gasteiger partial charge in [0, 0.05) is 0 Å². The Morgan fingerprint density at radius 1 is 1.64 bits per heavy atom. The third kappa shape index (κ3) is 2.45. The zero-order valence-electron chi connectivity index (χ0n) is 7.31. The van der Waals surface area contributed by atoms with Gasteiger partial charge < -0.3 is 4.74 Å². The summed E-state index contributed by atoms with van der Waals surface area (Å²) in [7, 11) is 1.28. The van der Waals surface area contributed by atoms with Gasteiger partial charge in [0.2, 0.25) is 0 Å². The van der Waals surface area contributed by atoms with Crippen LogP contribution in [0.15, 0.2) is 16.6 Å². The number of hydrogen-bond donors (Lipinski definition) is 0. The molecule has 0 aliphatic carbocycles. The average Bonchev–Trinajstić information content (AvgIpc) is 2.19. The molecule has 0 N–H and O–H groups in total. The lowest BCUT2D eigenvalue weighted by molar-refractivity contribution is -0.139. The number of carbonyl (C=O) groups is 1. The highest BCUT2D eigenvalue weighted by Crippen LogP contribution is 2.27. The van der Waals surface area contributed by atoms with Gasteiger partial charge in [0.05, 0.1) is 23.0 Å². The van der Waals surface area contributed by atoms with Gasteiger partial charge in [-0.3, -0.25) is 4.79 Å². The number of ether oxygens (including phenoxy) is 1. The molecule has 0 fully saturated rings. The van der Waals surface area contributed by atoms with Gasteiger partial charge in [-0.2, -0.15) is 0 Å². The highest BCUT2D eigenvalue weighted by molar-refractivity contribution is 9.10. The molecule has 0 aliphatic heterocycles. The molecule has 0 aromatic heterocycles. The number of carbonyl (C=O) groups excluding carboxylic acids is 1. The predicted molar refractivity (Wildman–Crippen MR) is 54.8 cm³/mol. The van der Waals surface area contributed by atoms with Crippen molar-refractivity contribution in [3.05, 3.63) is 33.0 Å². The average molecular weight is 282 g/mol. The second-order valence-electron chi connectivity index (χ2n) is 2.59. The summed E-state index contributed by atoms with van der Waals surface area (Å²) in [6, 6.07) is 2.98. The first kappa shape index (κ1) is 11.5. The Morgan fingerprint density at radius 3 is 2.86 bits per heavy atom. The fourth-order valence-electron chi connectivity index (χ4n) is 0.930. The topological polar surface area (TPSA) is 26.3 Å². The molecule has 0 spiro atoms. The Hall–Kier alpha value is -0.610. The first-order chi connectivity index (χ1) is 6.56. The number of rotatable bonds is 2. The summed E-state index contributed by atoms with van der Waals surface area (Å²) >= 11 is 8.56. The van der Waals surface area contributed by atoms with Crippen molar-refractivity contribution in [3.63, 3.8) is 0 Å². The number of hydrogen-bond acceptors (Lipinski definition) is 2. The Balaban J connectivity index is 3.00. The van der Waals surface area contributed by atoms with Crippen molar-refractivity contribution in [1.29, 1.82) is 0 Å². The first-order valence-electron chi connectivity index (χ1n) is 3.75. The molecule has 1 rings (SSSR count).